The van der Waals surface area contributed by atoms with Crippen molar-refractivity contribution in [1.82, 2.24) is 9.78 Å². The minimum Gasteiger partial charge on any atom is -0.493 e. The van der Waals surface area contributed by atoms with Crippen LogP contribution in [0.4, 0.5) is 5.69 Å². The first-order valence-electron chi connectivity index (χ1n) is 4.64. The highest BCUT2D eigenvalue weighted by Gasteiger charge is 2.10. The van der Waals surface area contributed by atoms with Crippen molar-refractivity contribution in [2.24, 2.45) is 7.05 Å². The lowest BCUT2D eigenvalue weighted by molar-refractivity contribution is 0.416. The quantitative estimate of drug-likeness (QED) is 0.755. The zero-order chi connectivity index (χ0) is 10.8. The summed E-state index contributed by atoms with van der Waals surface area (Å²) < 4.78 is 7.02. The second-order valence-corrected chi connectivity index (χ2v) is 3.31. The van der Waals surface area contributed by atoms with E-state index in [1.54, 1.807) is 18.0 Å². The molecular weight excluding hydrogens is 190 g/mol. The molecule has 0 aliphatic heterocycles. The molecule has 0 fully saturated rings. The number of hydrogen-bond donors (Lipinski definition) is 1. The normalized spacial score (nSPS) is 10.3. The SMILES string of the molecule is COc1cnn(C)c1-c1ccc(N)cc1. The molecular formula is C11H13N3O. The van der Waals surface area contributed by atoms with E-state index in [4.69, 9.17) is 10.5 Å². The van der Waals surface area contributed by atoms with Gasteiger partial charge in [0.1, 0.15) is 5.69 Å². The zero-order valence-corrected chi connectivity index (χ0v) is 8.77. The Morgan fingerprint density at radius 2 is 1.93 bits per heavy atom. The number of ether oxygens (including phenoxy) is 1. The Kier molecular flexibility index (Phi) is 2.33. The molecule has 0 aliphatic carbocycles. The largest absolute Gasteiger partial charge is 0.493 e. The van der Waals surface area contributed by atoms with Crippen molar-refractivity contribution in [3.63, 3.8) is 0 Å². The number of methoxy groups -OCH3 is 1. The summed E-state index contributed by atoms with van der Waals surface area (Å²) in [6, 6.07) is 7.63. The molecule has 1 aromatic heterocycles. The molecule has 0 unspecified atom stereocenters. The molecule has 78 valence electrons. The first kappa shape index (κ1) is 9.58. The van der Waals surface area contributed by atoms with Gasteiger partial charge in [0.2, 0.25) is 0 Å². The van der Waals surface area contributed by atoms with Crippen molar-refractivity contribution in [2.45, 2.75) is 0 Å². The van der Waals surface area contributed by atoms with Crippen LogP contribution >= 0.6 is 0 Å². The highest BCUT2D eigenvalue weighted by Crippen LogP contribution is 2.29. The van der Waals surface area contributed by atoms with E-state index >= 15 is 0 Å². The number of rotatable bonds is 2. The van der Waals surface area contributed by atoms with Crippen molar-refractivity contribution < 1.29 is 4.74 Å². The Labute approximate surface area is 88.3 Å². The van der Waals surface area contributed by atoms with Gasteiger partial charge < -0.3 is 10.5 Å². The monoisotopic (exact) mass is 203 g/mol. The van der Waals surface area contributed by atoms with Crippen LogP contribution in [0, 0.1) is 0 Å². The molecule has 0 saturated carbocycles. The number of nitrogens with zero attached hydrogens (tertiary/aromatic N) is 2. The molecule has 0 radical (unpaired) electrons. The number of benzene rings is 1. The van der Waals surface area contributed by atoms with Gasteiger partial charge in [-0.15, -0.1) is 0 Å². The molecule has 4 heteroatoms. The first-order valence-corrected chi connectivity index (χ1v) is 4.64. The molecule has 0 bridgehead atoms. The molecule has 0 saturated heterocycles. The molecule has 2 aromatic rings. The Bertz CT molecular complexity index is 459. The van der Waals surface area contributed by atoms with Crippen LogP contribution in [0.1, 0.15) is 0 Å². The van der Waals surface area contributed by atoms with E-state index in [2.05, 4.69) is 5.10 Å². The molecule has 0 spiro atoms. The summed E-state index contributed by atoms with van der Waals surface area (Å²) in [6.45, 7) is 0. The van der Waals surface area contributed by atoms with Crippen LogP contribution in [-0.2, 0) is 7.05 Å². The average Bonchev–Trinajstić information content (AvgIpc) is 2.61. The van der Waals surface area contributed by atoms with Gasteiger partial charge in [0.15, 0.2) is 5.75 Å². The summed E-state index contributed by atoms with van der Waals surface area (Å²) >= 11 is 0. The summed E-state index contributed by atoms with van der Waals surface area (Å²) in [7, 11) is 3.52. The topological polar surface area (TPSA) is 53.1 Å². The van der Waals surface area contributed by atoms with Gasteiger partial charge in [0, 0.05) is 18.3 Å². The fourth-order valence-corrected chi connectivity index (χ4v) is 1.54. The standard InChI is InChI=1S/C11H13N3O/c1-14-11(10(15-2)7-13-14)8-3-5-9(12)6-4-8/h3-7H,12H2,1-2H3. The fourth-order valence-electron chi connectivity index (χ4n) is 1.54. The van der Waals surface area contributed by atoms with E-state index in [-0.39, 0.29) is 0 Å². The van der Waals surface area contributed by atoms with Crippen molar-refractivity contribution >= 4 is 5.69 Å². The number of nitrogens with two attached hydrogens (primary N) is 1. The number of hydrogen-bond acceptors (Lipinski definition) is 3. The van der Waals surface area contributed by atoms with Crippen molar-refractivity contribution in [2.75, 3.05) is 12.8 Å². The Morgan fingerprint density at radius 1 is 1.27 bits per heavy atom. The fraction of sp³-hybridized carbons (Fsp3) is 0.182. The second kappa shape index (κ2) is 3.65. The predicted molar refractivity (Wildman–Crippen MR) is 59.6 cm³/mol. The van der Waals surface area contributed by atoms with E-state index in [0.717, 1.165) is 22.7 Å². The lowest BCUT2D eigenvalue weighted by Crippen LogP contribution is -1.95. The van der Waals surface area contributed by atoms with Gasteiger partial charge in [-0.05, 0) is 12.1 Å². The van der Waals surface area contributed by atoms with Crippen LogP contribution in [0.15, 0.2) is 30.5 Å². The van der Waals surface area contributed by atoms with Gasteiger partial charge in [-0.2, -0.15) is 5.10 Å². The number of anilines is 1. The Balaban J connectivity index is 2.52. The third-order valence-corrected chi connectivity index (χ3v) is 2.31. The maximum absolute atomic E-state index is 5.63. The molecule has 2 N–H and O–H groups in total. The lowest BCUT2D eigenvalue weighted by Gasteiger charge is -2.05. The van der Waals surface area contributed by atoms with Crippen LogP contribution in [0.2, 0.25) is 0 Å². The minimum absolute atomic E-state index is 0.750. The van der Waals surface area contributed by atoms with Gasteiger partial charge in [-0.1, -0.05) is 12.1 Å². The van der Waals surface area contributed by atoms with Crippen LogP contribution in [0.25, 0.3) is 11.3 Å². The highest BCUT2D eigenvalue weighted by atomic mass is 16.5. The molecule has 4 nitrogen and oxygen atoms in total. The molecule has 1 heterocycles. The molecule has 1 aromatic carbocycles. The van der Waals surface area contributed by atoms with E-state index in [0.29, 0.717) is 0 Å². The van der Waals surface area contributed by atoms with Crippen molar-refractivity contribution in [3.05, 3.63) is 30.5 Å². The first-order chi connectivity index (χ1) is 7.22. The van der Waals surface area contributed by atoms with E-state index in [1.165, 1.54) is 0 Å². The van der Waals surface area contributed by atoms with E-state index in [9.17, 15) is 0 Å². The summed E-state index contributed by atoms with van der Waals surface area (Å²) in [4.78, 5) is 0. The Hall–Kier alpha value is -1.97. The summed E-state index contributed by atoms with van der Waals surface area (Å²) in [5.74, 6) is 0.766. The third-order valence-electron chi connectivity index (χ3n) is 2.31. The summed E-state index contributed by atoms with van der Waals surface area (Å²) in [5, 5.41) is 4.15. The van der Waals surface area contributed by atoms with Crippen LogP contribution in [0.5, 0.6) is 5.75 Å². The third kappa shape index (κ3) is 1.66. The van der Waals surface area contributed by atoms with Gasteiger partial charge >= 0.3 is 0 Å². The molecule has 0 atom stereocenters. The summed E-state index contributed by atoms with van der Waals surface area (Å²) in [5.41, 5.74) is 8.38. The van der Waals surface area contributed by atoms with E-state index in [1.807, 2.05) is 31.3 Å². The maximum atomic E-state index is 5.63. The van der Waals surface area contributed by atoms with Gasteiger partial charge in [0.25, 0.3) is 0 Å². The Morgan fingerprint density at radius 3 is 2.53 bits per heavy atom. The second-order valence-electron chi connectivity index (χ2n) is 3.31. The lowest BCUT2D eigenvalue weighted by atomic mass is 10.1. The van der Waals surface area contributed by atoms with Crippen molar-refractivity contribution in [1.29, 1.82) is 0 Å². The molecule has 15 heavy (non-hydrogen) atoms. The van der Waals surface area contributed by atoms with Gasteiger partial charge in [0.05, 0.1) is 13.3 Å². The van der Waals surface area contributed by atoms with Crippen LogP contribution < -0.4 is 10.5 Å². The molecule has 0 aliphatic rings. The van der Waals surface area contributed by atoms with Crippen LogP contribution in [-0.4, -0.2) is 16.9 Å². The number of nitrogen functional groups attached to an aromatic ring is 1. The molecule has 0 amide bonds. The minimum atomic E-state index is 0.750. The summed E-state index contributed by atoms with van der Waals surface area (Å²) in [6.07, 6.45) is 1.70. The highest BCUT2D eigenvalue weighted by molar-refractivity contribution is 5.67. The zero-order valence-electron chi connectivity index (χ0n) is 8.77. The maximum Gasteiger partial charge on any atom is 0.164 e. The number of aromatic nitrogens is 2. The average molecular weight is 203 g/mol. The van der Waals surface area contributed by atoms with Crippen molar-refractivity contribution in [3.8, 4) is 17.0 Å². The van der Waals surface area contributed by atoms with Gasteiger partial charge in [-0.3, -0.25) is 4.68 Å². The number of aryl methyl sites for hydroxylation is 1. The predicted octanol–water partition coefficient (Wildman–Crippen LogP) is 1.68. The van der Waals surface area contributed by atoms with Gasteiger partial charge in [-0.25, -0.2) is 0 Å². The molecule has 2 rings (SSSR count). The van der Waals surface area contributed by atoms with Crippen LogP contribution in [0.3, 0.4) is 0 Å². The smallest absolute Gasteiger partial charge is 0.164 e. The van der Waals surface area contributed by atoms with E-state index < -0.39 is 0 Å².